The van der Waals surface area contributed by atoms with Gasteiger partial charge in [0.1, 0.15) is 11.4 Å². The molecule has 88 valence electrons. The van der Waals surface area contributed by atoms with Crippen molar-refractivity contribution in [2.24, 2.45) is 5.73 Å². The Hall–Kier alpha value is -1.09. The molecule has 1 aromatic rings. The van der Waals surface area contributed by atoms with Gasteiger partial charge in [0.05, 0.1) is 7.11 Å². The Kier molecular flexibility index (Phi) is 2.66. The summed E-state index contributed by atoms with van der Waals surface area (Å²) in [4.78, 5) is 0. The quantitative estimate of drug-likeness (QED) is 0.836. The highest BCUT2D eigenvalue weighted by Gasteiger charge is 2.44. The van der Waals surface area contributed by atoms with Crippen LogP contribution in [0.2, 0.25) is 0 Å². The first kappa shape index (κ1) is 11.4. The molecule has 1 saturated carbocycles. The third kappa shape index (κ3) is 2.05. The number of methoxy groups -OCH3 is 1. The molecule has 0 aromatic heterocycles. The lowest BCUT2D eigenvalue weighted by Crippen LogP contribution is -2.35. The molecule has 1 fully saturated rings. The normalized spacial score (nSPS) is 34.0. The molecule has 0 aliphatic heterocycles. The van der Waals surface area contributed by atoms with E-state index in [1.54, 1.807) is 14.0 Å². The van der Waals surface area contributed by atoms with E-state index in [4.69, 9.17) is 10.5 Å². The second-order valence-electron chi connectivity index (χ2n) is 4.98. The molecule has 1 aromatic carbocycles. The van der Waals surface area contributed by atoms with Crippen molar-refractivity contribution in [1.29, 1.82) is 0 Å². The van der Waals surface area contributed by atoms with E-state index in [1.807, 2.05) is 24.3 Å². The van der Waals surface area contributed by atoms with Crippen molar-refractivity contribution in [1.82, 2.24) is 0 Å². The van der Waals surface area contributed by atoms with E-state index in [-0.39, 0.29) is 0 Å². The van der Waals surface area contributed by atoms with Gasteiger partial charge in [-0.2, -0.15) is 0 Å². The zero-order valence-corrected chi connectivity index (χ0v) is 9.79. The molecule has 0 amide bonds. The third-order valence-electron chi connectivity index (χ3n) is 3.42. The lowest BCUT2D eigenvalue weighted by atomic mass is 9.88. The predicted octanol–water partition coefficient (Wildman–Crippen LogP) is 2.76. The van der Waals surface area contributed by atoms with E-state index >= 15 is 0 Å². The average molecular weight is 223 g/mol. The van der Waals surface area contributed by atoms with Crippen molar-refractivity contribution in [2.45, 2.75) is 37.4 Å². The van der Waals surface area contributed by atoms with Crippen LogP contribution in [0, 0.1) is 0 Å². The molecule has 3 heteroatoms. The highest BCUT2D eigenvalue weighted by Crippen LogP contribution is 2.44. The van der Waals surface area contributed by atoms with Crippen LogP contribution in [-0.4, -0.2) is 12.8 Å². The Bertz CT molecular complexity index is 391. The molecule has 16 heavy (non-hydrogen) atoms. The van der Waals surface area contributed by atoms with Gasteiger partial charge in [-0.1, -0.05) is 12.1 Å². The summed E-state index contributed by atoms with van der Waals surface area (Å²) in [5, 5.41) is 0. The van der Waals surface area contributed by atoms with E-state index in [2.05, 4.69) is 0 Å². The fraction of sp³-hybridized carbons (Fsp3) is 0.538. The Balaban J connectivity index is 2.30. The zero-order chi connectivity index (χ0) is 11.8. The van der Waals surface area contributed by atoms with Gasteiger partial charge < -0.3 is 10.5 Å². The molecule has 2 unspecified atom stereocenters. The number of alkyl halides is 1. The molecule has 2 atom stereocenters. The summed E-state index contributed by atoms with van der Waals surface area (Å²) in [7, 11) is 1.62. The van der Waals surface area contributed by atoms with Crippen molar-refractivity contribution >= 4 is 0 Å². The summed E-state index contributed by atoms with van der Waals surface area (Å²) in [6.45, 7) is 1.63. The second kappa shape index (κ2) is 3.74. The highest BCUT2D eigenvalue weighted by molar-refractivity contribution is 5.34. The van der Waals surface area contributed by atoms with Crippen molar-refractivity contribution in [2.75, 3.05) is 7.11 Å². The molecule has 0 heterocycles. The van der Waals surface area contributed by atoms with Gasteiger partial charge in [-0.3, -0.25) is 0 Å². The maximum atomic E-state index is 13.9. The van der Waals surface area contributed by atoms with Crippen LogP contribution in [0.4, 0.5) is 4.39 Å². The Labute approximate surface area is 95.6 Å². The molecular formula is C13H18FNO. The van der Waals surface area contributed by atoms with Gasteiger partial charge in [-0.05, 0) is 37.5 Å². The lowest BCUT2D eigenvalue weighted by molar-refractivity contribution is 0.187. The van der Waals surface area contributed by atoms with E-state index < -0.39 is 11.2 Å². The predicted molar refractivity (Wildman–Crippen MR) is 62.2 cm³/mol. The van der Waals surface area contributed by atoms with Crippen LogP contribution in [0.5, 0.6) is 5.75 Å². The minimum atomic E-state index is -1.14. The van der Waals surface area contributed by atoms with Gasteiger partial charge >= 0.3 is 0 Å². The van der Waals surface area contributed by atoms with E-state index in [0.29, 0.717) is 19.3 Å². The maximum absolute atomic E-state index is 13.9. The number of benzene rings is 1. The standard InChI is InChI=1S/C13H18FNO/c1-12(14)6-7-13(15,9-12)10-4-3-5-11(8-10)16-2/h3-5,8H,6-7,9,15H2,1-2H3. The van der Waals surface area contributed by atoms with Crippen LogP contribution in [0.3, 0.4) is 0 Å². The largest absolute Gasteiger partial charge is 0.497 e. The Morgan fingerprint density at radius 1 is 1.38 bits per heavy atom. The van der Waals surface area contributed by atoms with Crippen molar-refractivity contribution in [3.8, 4) is 5.75 Å². The van der Waals surface area contributed by atoms with Crippen LogP contribution < -0.4 is 10.5 Å². The van der Waals surface area contributed by atoms with E-state index in [1.165, 1.54) is 0 Å². The first-order chi connectivity index (χ1) is 7.45. The average Bonchev–Trinajstić information content (AvgIpc) is 2.55. The fourth-order valence-corrected chi connectivity index (χ4v) is 2.50. The van der Waals surface area contributed by atoms with Gasteiger partial charge in [0.2, 0.25) is 0 Å². The van der Waals surface area contributed by atoms with Crippen LogP contribution >= 0.6 is 0 Å². The fourth-order valence-electron chi connectivity index (χ4n) is 2.50. The van der Waals surface area contributed by atoms with Crippen LogP contribution in [0.1, 0.15) is 31.7 Å². The number of hydrogen-bond acceptors (Lipinski definition) is 2. The summed E-state index contributed by atoms with van der Waals surface area (Å²) in [5.41, 5.74) is 5.57. The Morgan fingerprint density at radius 2 is 2.12 bits per heavy atom. The van der Waals surface area contributed by atoms with Gasteiger partial charge in [-0.15, -0.1) is 0 Å². The number of hydrogen-bond donors (Lipinski definition) is 1. The van der Waals surface area contributed by atoms with Crippen molar-refractivity contribution in [3.05, 3.63) is 29.8 Å². The number of halogens is 1. The van der Waals surface area contributed by atoms with Crippen LogP contribution in [0.25, 0.3) is 0 Å². The van der Waals surface area contributed by atoms with Crippen molar-refractivity contribution < 1.29 is 9.13 Å². The summed E-state index contributed by atoms with van der Waals surface area (Å²) in [6, 6.07) is 7.62. The molecule has 0 spiro atoms. The molecule has 2 nitrogen and oxygen atoms in total. The summed E-state index contributed by atoms with van der Waals surface area (Å²) in [6.07, 6.45) is 1.60. The number of ether oxygens (including phenoxy) is 1. The van der Waals surface area contributed by atoms with E-state index in [0.717, 1.165) is 11.3 Å². The van der Waals surface area contributed by atoms with Gasteiger partial charge in [0, 0.05) is 12.0 Å². The smallest absolute Gasteiger partial charge is 0.119 e. The SMILES string of the molecule is COc1cccc(C2(N)CCC(C)(F)C2)c1. The molecule has 0 radical (unpaired) electrons. The van der Waals surface area contributed by atoms with E-state index in [9.17, 15) is 4.39 Å². The minimum absolute atomic E-state index is 0.382. The molecule has 1 aliphatic carbocycles. The molecule has 0 saturated heterocycles. The second-order valence-corrected chi connectivity index (χ2v) is 4.98. The topological polar surface area (TPSA) is 35.2 Å². The van der Waals surface area contributed by atoms with Gasteiger partial charge in [-0.25, -0.2) is 4.39 Å². The third-order valence-corrected chi connectivity index (χ3v) is 3.42. The molecule has 2 N–H and O–H groups in total. The summed E-state index contributed by atoms with van der Waals surface area (Å²) < 4.78 is 19.0. The zero-order valence-electron chi connectivity index (χ0n) is 9.79. The van der Waals surface area contributed by atoms with Gasteiger partial charge in [0.25, 0.3) is 0 Å². The first-order valence-corrected chi connectivity index (χ1v) is 5.58. The summed E-state index contributed by atoms with van der Waals surface area (Å²) in [5.74, 6) is 0.773. The monoisotopic (exact) mass is 223 g/mol. The number of rotatable bonds is 2. The minimum Gasteiger partial charge on any atom is -0.497 e. The molecule has 0 bridgehead atoms. The maximum Gasteiger partial charge on any atom is 0.119 e. The Morgan fingerprint density at radius 3 is 2.69 bits per heavy atom. The molecule has 2 rings (SSSR count). The first-order valence-electron chi connectivity index (χ1n) is 5.58. The van der Waals surface area contributed by atoms with Gasteiger partial charge in [0.15, 0.2) is 0 Å². The summed E-state index contributed by atoms with van der Waals surface area (Å²) >= 11 is 0. The molecular weight excluding hydrogens is 205 g/mol. The van der Waals surface area contributed by atoms with Crippen molar-refractivity contribution in [3.63, 3.8) is 0 Å². The van der Waals surface area contributed by atoms with Crippen LogP contribution in [0.15, 0.2) is 24.3 Å². The number of nitrogens with two attached hydrogens (primary N) is 1. The molecule has 1 aliphatic rings. The highest BCUT2D eigenvalue weighted by atomic mass is 19.1. The lowest BCUT2D eigenvalue weighted by Gasteiger charge is -2.25. The van der Waals surface area contributed by atoms with Crippen LogP contribution in [-0.2, 0) is 5.54 Å².